The lowest BCUT2D eigenvalue weighted by molar-refractivity contribution is 0.336. The Morgan fingerprint density at radius 3 is 2.32 bits per heavy atom. The summed E-state index contributed by atoms with van der Waals surface area (Å²) in [5, 5.41) is 3.99. The molecule has 3 rings (SSSR count). The van der Waals surface area contributed by atoms with E-state index in [1.807, 2.05) is 31.2 Å². The molecule has 0 aliphatic heterocycles. The smallest absolute Gasteiger partial charge is 0.243 e. The Morgan fingerprint density at radius 1 is 1.07 bits per heavy atom. The van der Waals surface area contributed by atoms with Crippen molar-refractivity contribution in [3.05, 3.63) is 59.0 Å². The first-order chi connectivity index (χ1) is 13.2. The molecule has 148 valence electrons. The number of benzene rings is 2. The Balaban J connectivity index is 1.87. The predicted octanol–water partition coefficient (Wildman–Crippen LogP) is 3.49. The lowest BCUT2D eigenvalue weighted by Gasteiger charge is -2.19. The molecule has 8 heteroatoms. The topological polar surface area (TPSA) is 85.5 Å². The number of hydrogen-bond donors (Lipinski definition) is 0. The van der Waals surface area contributed by atoms with Crippen molar-refractivity contribution >= 4 is 10.0 Å². The fourth-order valence-corrected chi connectivity index (χ4v) is 4.64. The Hall–Kier alpha value is -2.71. The molecule has 0 atom stereocenters. The molecule has 0 N–H and O–H groups in total. The number of rotatable bonds is 6. The summed E-state index contributed by atoms with van der Waals surface area (Å²) in [4.78, 5) is 4.62. The van der Waals surface area contributed by atoms with Crippen LogP contribution in [-0.2, 0) is 16.6 Å². The number of ether oxygens (including phenoxy) is 1. The minimum absolute atomic E-state index is 0.0217. The number of methoxy groups -OCH3 is 1. The Morgan fingerprint density at radius 2 is 1.71 bits per heavy atom. The fourth-order valence-electron chi connectivity index (χ4n) is 3.12. The van der Waals surface area contributed by atoms with Gasteiger partial charge in [0.2, 0.25) is 21.7 Å². The maximum atomic E-state index is 13.1. The van der Waals surface area contributed by atoms with Gasteiger partial charge in [0.05, 0.1) is 18.6 Å². The lowest BCUT2D eigenvalue weighted by Crippen LogP contribution is -2.28. The van der Waals surface area contributed by atoms with Gasteiger partial charge in [0.15, 0.2) is 0 Å². The number of aromatic nitrogens is 2. The van der Waals surface area contributed by atoms with Gasteiger partial charge in [-0.15, -0.1) is 0 Å². The molecule has 3 aromatic rings. The van der Waals surface area contributed by atoms with Crippen LogP contribution < -0.4 is 4.74 Å². The van der Waals surface area contributed by atoms with Crippen LogP contribution in [0.2, 0.25) is 0 Å². The van der Waals surface area contributed by atoms with Crippen LogP contribution in [0.5, 0.6) is 5.75 Å². The maximum absolute atomic E-state index is 13.1. The van der Waals surface area contributed by atoms with Crippen LogP contribution in [0.1, 0.15) is 22.6 Å². The highest BCUT2D eigenvalue weighted by Crippen LogP contribution is 2.28. The van der Waals surface area contributed by atoms with E-state index in [0.717, 1.165) is 11.1 Å². The molecule has 0 unspecified atom stereocenters. The number of nitrogens with zero attached hydrogens (tertiary/aromatic N) is 3. The van der Waals surface area contributed by atoms with E-state index in [4.69, 9.17) is 9.26 Å². The zero-order chi connectivity index (χ0) is 20.5. The molecular formula is C20H23N3O4S. The number of sulfonamides is 1. The Kier molecular flexibility index (Phi) is 5.53. The Bertz CT molecular complexity index is 1080. The Labute approximate surface area is 165 Å². The summed E-state index contributed by atoms with van der Waals surface area (Å²) in [5.74, 6) is 1.29. The van der Waals surface area contributed by atoms with Gasteiger partial charge in [-0.3, -0.25) is 0 Å². The molecule has 0 saturated carbocycles. The molecule has 0 radical (unpaired) electrons. The molecule has 7 nitrogen and oxygen atoms in total. The van der Waals surface area contributed by atoms with Crippen molar-refractivity contribution in [2.24, 2.45) is 0 Å². The third-order valence-corrected chi connectivity index (χ3v) is 6.66. The second-order valence-electron chi connectivity index (χ2n) is 6.68. The van der Waals surface area contributed by atoms with Crippen LogP contribution in [0.25, 0.3) is 11.4 Å². The van der Waals surface area contributed by atoms with Crippen LogP contribution in [0.3, 0.4) is 0 Å². The molecule has 1 heterocycles. The van der Waals surface area contributed by atoms with E-state index in [9.17, 15) is 8.42 Å². The maximum Gasteiger partial charge on any atom is 0.243 e. The van der Waals surface area contributed by atoms with Crippen molar-refractivity contribution in [2.45, 2.75) is 32.2 Å². The zero-order valence-corrected chi connectivity index (χ0v) is 17.4. The van der Waals surface area contributed by atoms with Gasteiger partial charge in [-0.25, -0.2) is 8.42 Å². The van der Waals surface area contributed by atoms with Crippen LogP contribution in [0.15, 0.2) is 45.8 Å². The first kappa shape index (κ1) is 20.0. The number of hydrogen-bond acceptors (Lipinski definition) is 6. The van der Waals surface area contributed by atoms with E-state index in [1.54, 1.807) is 33.1 Å². The third-order valence-electron chi connectivity index (χ3n) is 4.55. The van der Waals surface area contributed by atoms with E-state index in [2.05, 4.69) is 10.1 Å². The molecule has 0 fully saturated rings. The normalized spacial score (nSPS) is 11.8. The van der Waals surface area contributed by atoms with Gasteiger partial charge >= 0.3 is 0 Å². The second-order valence-corrected chi connectivity index (χ2v) is 8.66. The van der Waals surface area contributed by atoms with Crippen molar-refractivity contribution < 1.29 is 17.7 Å². The van der Waals surface area contributed by atoms with E-state index < -0.39 is 10.0 Å². The summed E-state index contributed by atoms with van der Waals surface area (Å²) in [5.41, 5.74) is 3.11. The standard InChI is InChI=1S/C20H23N3O4S/c1-13-8-6-7-9-17(13)20-21-18(27-22-20)12-23(4)28(24,25)19-14(2)10-16(26-5)11-15(19)3/h6-11H,12H2,1-5H3. The molecule has 2 aromatic carbocycles. The molecular weight excluding hydrogens is 378 g/mol. The minimum Gasteiger partial charge on any atom is -0.497 e. The highest BCUT2D eigenvalue weighted by Gasteiger charge is 2.27. The van der Waals surface area contributed by atoms with Crippen LogP contribution >= 0.6 is 0 Å². The molecule has 0 amide bonds. The highest BCUT2D eigenvalue weighted by atomic mass is 32.2. The largest absolute Gasteiger partial charge is 0.497 e. The first-order valence-corrected chi connectivity index (χ1v) is 10.2. The van der Waals surface area contributed by atoms with E-state index >= 15 is 0 Å². The van der Waals surface area contributed by atoms with Crippen LogP contribution in [-0.4, -0.2) is 37.0 Å². The molecule has 1 aromatic heterocycles. The van der Waals surface area contributed by atoms with Gasteiger partial charge in [-0.2, -0.15) is 9.29 Å². The number of aryl methyl sites for hydroxylation is 3. The molecule has 0 spiro atoms. The summed E-state index contributed by atoms with van der Waals surface area (Å²) >= 11 is 0. The lowest BCUT2D eigenvalue weighted by atomic mass is 10.1. The molecule has 0 aliphatic rings. The average molecular weight is 401 g/mol. The van der Waals surface area contributed by atoms with Gasteiger partial charge in [-0.05, 0) is 49.6 Å². The molecule has 0 saturated heterocycles. The highest BCUT2D eigenvalue weighted by molar-refractivity contribution is 7.89. The first-order valence-electron chi connectivity index (χ1n) is 8.74. The van der Waals surface area contributed by atoms with Gasteiger partial charge in [0.25, 0.3) is 0 Å². The van der Waals surface area contributed by atoms with Crippen molar-refractivity contribution in [2.75, 3.05) is 14.2 Å². The van der Waals surface area contributed by atoms with Crippen molar-refractivity contribution in [3.8, 4) is 17.1 Å². The predicted molar refractivity (Wildman–Crippen MR) is 106 cm³/mol. The third kappa shape index (κ3) is 3.79. The van der Waals surface area contributed by atoms with Gasteiger partial charge < -0.3 is 9.26 Å². The summed E-state index contributed by atoms with van der Waals surface area (Å²) in [6.45, 7) is 5.43. The minimum atomic E-state index is -3.74. The van der Waals surface area contributed by atoms with E-state index in [1.165, 1.54) is 11.4 Å². The van der Waals surface area contributed by atoms with Crippen LogP contribution in [0.4, 0.5) is 0 Å². The van der Waals surface area contributed by atoms with E-state index in [0.29, 0.717) is 22.7 Å². The fraction of sp³-hybridized carbons (Fsp3) is 0.300. The monoisotopic (exact) mass is 401 g/mol. The van der Waals surface area contributed by atoms with E-state index in [-0.39, 0.29) is 17.3 Å². The summed E-state index contributed by atoms with van der Waals surface area (Å²) in [6.07, 6.45) is 0. The van der Waals surface area contributed by atoms with Gasteiger partial charge in [0, 0.05) is 12.6 Å². The summed E-state index contributed by atoms with van der Waals surface area (Å²) < 4.78 is 37.9. The van der Waals surface area contributed by atoms with Crippen molar-refractivity contribution in [1.29, 1.82) is 0 Å². The van der Waals surface area contributed by atoms with Crippen molar-refractivity contribution in [1.82, 2.24) is 14.4 Å². The second kappa shape index (κ2) is 7.73. The average Bonchev–Trinajstić information content (AvgIpc) is 3.09. The van der Waals surface area contributed by atoms with Gasteiger partial charge in [-0.1, -0.05) is 29.4 Å². The molecule has 0 aliphatic carbocycles. The summed E-state index contributed by atoms with van der Waals surface area (Å²) in [7, 11) is -0.689. The van der Waals surface area contributed by atoms with Crippen molar-refractivity contribution in [3.63, 3.8) is 0 Å². The zero-order valence-electron chi connectivity index (χ0n) is 16.6. The SMILES string of the molecule is COc1cc(C)c(S(=O)(=O)N(C)Cc2nc(-c3ccccc3C)no2)c(C)c1. The summed E-state index contributed by atoms with van der Waals surface area (Å²) in [6, 6.07) is 11.1. The quantitative estimate of drug-likeness (QED) is 0.628. The molecule has 0 bridgehead atoms. The molecule has 28 heavy (non-hydrogen) atoms. The van der Waals surface area contributed by atoms with Gasteiger partial charge in [0.1, 0.15) is 5.75 Å². The van der Waals surface area contributed by atoms with Crippen LogP contribution in [0, 0.1) is 20.8 Å².